The van der Waals surface area contributed by atoms with Crippen LogP contribution < -0.4 is 0 Å². The molecule has 438 valence electrons. The van der Waals surface area contributed by atoms with E-state index >= 15 is 0 Å². The molecule has 0 aliphatic heterocycles. The molecule has 1 atom stereocenters. The number of carbonyl (C=O) groups excluding carboxylic acids is 3. The molecule has 0 N–H and O–H groups in total. The summed E-state index contributed by atoms with van der Waals surface area (Å²) in [6.07, 6.45) is 75.6. The van der Waals surface area contributed by atoms with Crippen LogP contribution in [0, 0.1) is 0 Å². The molecular weight excluding hydrogens is 913 g/mol. The molecular formula is C68H130O6. The second-order valence-electron chi connectivity index (χ2n) is 23.1. The van der Waals surface area contributed by atoms with Gasteiger partial charge >= 0.3 is 17.9 Å². The van der Waals surface area contributed by atoms with E-state index in [1.165, 1.54) is 289 Å². The van der Waals surface area contributed by atoms with Crippen molar-refractivity contribution in [2.24, 2.45) is 0 Å². The van der Waals surface area contributed by atoms with Gasteiger partial charge in [0.05, 0.1) is 0 Å². The fourth-order valence-corrected chi connectivity index (χ4v) is 10.4. The zero-order valence-electron chi connectivity index (χ0n) is 50.4. The first kappa shape index (κ1) is 72.2. The van der Waals surface area contributed by atoms with E-state index in [-0.39, 0.29) is 31.1 Å². The topological polar surface area (TPSA) is 78.9 Å². The highest BCUT2D eigenvalue weighted by Gasteiger charge is 2.19. The Morgan fingerprint density at radius 3 is 0.676 bits per heavy atom. The number of hydrogen-bond donors (Lipinski definition) is 0. The van der Waals surface area contributed by atoms with E-state index < -0.39 is 6.10 Å². The van der Waals surface area contributed by atoms with Crippen LogP contribution in [0.15, 0.2) is 12.2 Å². The van der Waals surface area contributed by atoms with Crippen LogP contribution in [0.1, 0.15) is 387 Å². The van der Waals surface area contributed by atoms with Crippen molar-refractivity contribution < 1.29 is 28.6 Å². The molecule has 0 aliphatic carbocycles. The predicted octanol–water partition coefficient (Wildman–Crippen LogP) is 22.8. The highest BCUT2D eigenvalue weighted by atomic mass is 16.6. The predicted molar refractivity (Wildman–Crippen MR) is 321 cm³/mol. The van der Waals surface area contributed by atoms with Crippen LogP contribution in [0.2, 0.25) is 0 Å². The minimum atomic E-state index is -0.765. The molecule has 0 aliphatic rings. The largest absolute Gasteiger partial charge is 0.462 e. The Morgan fingerprint density at radius 2 is 0.446 bits per heavy atom. The van der Waals surface area contributed by atoms with Gasteiger partial charge in [0.1, 0.15) is 13.2 Å². The van der Waals surface area contributed by atoms with E-state index in [9.17, 15) is 14.4 Å². The van der Waals surface area contributed by atoms with Crippen LogP contribution in [-0.2, 0) is 28.6 Å². The van der Waals surface area contributed by atoms with Crippen LogP contribution in [0.3, 0.4) is 0 Å². The smallest absolute Gasteiger partial charge is 0.306 e. The Hall–Kier alpha value is -1.85. The van der Waals surface area contributed by atoms with Gasteiger partial charge < -0.3 is 14.2 Å². The Morgan fingerprint density at radius 1 is 0.257 bits per heavy atom. The van der Waals surface area contributed by atoms with Crippen LogP contribution in [0.5, 0.6) is 0 Å². The molecule has 0 radical (unpaired) electrons. The molecule has 1 unspecified atom stereocenters. The van der Waals surface area contributed by atoms with Gasteiger partial charge in [-0.2, -0.15) is 0 Å². The molecule has 0 spiro atoms. The third kappa shape index (κ3) is 61.0. The lowest BCUT2D eigenvalue weighted by atomic mass is 10.0. The summed E-state index contributed by atoms with van der Waals surface area (Å²) in [5.74, 6) is -0.847. The minimum absolute atomic E-state index is 0.0651. The number of hydrogen-bond acceptors (Lipinski definition) is 6. The van der Waals surface area contributed by atoms with Crippen molar-refractivity contribution in [1.29, 1.82) is 0 Å². The quantitative estimate of drug-likeness (QED) is 0.0261. The average molecular weight is 1040 g/mol. The number of allylic oxidation sites excluding steroid dienone is 2. The zero-order chi connectivity index (χ0) is 53.6. The van der Waals surface area contributed by atoms with E-state index in [0.717, 1.165) is 57.8 Å². The summed E-state index contributed by atoms with van der Waals surface area (Å²) in [4.78, 5) is 38.1. The molecule has 0 saturated heterocycles. The van der Waals surface area contributed by atoms with Gasteiger partial charge in [0.15, 0.2) is 6.10 Å². The lowest BCUT2D eigenvalue weighted by Crippen LogP contribution is -2.30. The van der Waals surface area contributed by atoms with Gasteiger partial charge in [-0.1, -0.05) is 335 Å². The number of unbranched alkanes of at least 4 members (excludes halogenated alkanes) is 50. The monoisotopic (exact) mass is 1040 g/mol. The molecule has 6 heteroatoms. The molecule has 0 heterocycles. The highest BCUT2D eigenvalue weighted by molar-refractivity contribution is 5.71. The lowest BCUT2D eigenvalue weighted by molar-refractivity contribution is -0.167. The Labute approximate surface area is 462 Å². The van der Waals surface area contributed by atoms with Gasteiger partial charge in [-0.05, 0) is 44.9 Å². The maximum Gasteiger partial charge on any atom is 0.306 e. The second-order valence-corrected chi connectivity index (χ2v) is 23.1. The van der Waals surface area contributed by atoms with Crippen molar-refractivity contribution in [3.63, 3.8) is 0 Å². The van der Waals surface area contributed by atoms with Crippen LogP contribution in [0.25, 0.3) is 0 Å². The Bertz CT molecular complexity index is 1150. The van der Waals surface area contributed by atoms with Crippen LogP contribution in [0.4, 0.5) is 0 Å². The molecule has 0 amide bonds. The molecule has 0 saturated carbocycles. The number of carbonyl (C=O) groups is 3. The standard InChI is InChI=1S/C68H130O6/c1-4-7-10-13-16-18-20-22-24-26-28-29-30-31-32-33-34-35-36-37-38-40-41-43-45-47-49-52-55-58-61-67(70)73-64-65(63-72-66(69)60-57-54-51-15-12-9-6-3)74-68(71)62-59-56-53-50-48-46-44-42-39-27-25-23-21-19-17-14-11-8-5-2/h23,25,65H,4-22,24,26-64H2,1-3H3/b25-23-. The number of esters is 3. The third-order valence-corrected chi connectivity index (χ3v) is 15.5. The van der Waals surface area contributed by atoms with Gasteiger partial charge in [-0.15, -0.1) is 0 Å². The average Bonchev–Trinajstić information content (AvgIpc) is 3.40. The van der Waals surface area contributed by atoms with Gasteiger partial charge in [0.25, 0.3) is 0 Å². The van der Waals surface area contributed by atoms with E-state index in [2.05, 4.69) is 32.9 Å². The summed E-state index contributed by atoms with van der Waals surface area (Å²) < 4.78 is 16.9. The molecule has 0 aromatic heterocycles. The highest BCUT2D eigenvalue weighted by Crippen LogP contribution is 2.19. The number of ether oxygens (including phenoxy) is 3. The van der Waals surface area contributed by atoms with Gasteiger partial charge in [0.2, 0.25) is 0 Å². The molecule has 6 nitrogen and oxygen atoms in total. The summed E-state index contributed by atoms with van der Waals surface area (Å²) in [6.45, 7) is 6.66. The van der Waals surface area contributed by atoms with Crippen molar-refractivity contribution in [3.8, 4) is 0 Å². The molecule has 0 rings (SSSR count). The lowest BCUT2D eigenvalue weighted by Gasteiger charge is -2.18. The van der Waals surface area contributed by atoms with Crippen molar-refractivity contribution in [3.05, 3.63) is 12.2 Å². The third-order valence-electron chi connectivity index (χ3n) is 15.5. The molecule has 0 aromatic carbocycles. The Balaban J connectivity index is 3.98. The van der Waals surface area contributed by atoms with Crippen molar-refractivity contribution in [1.82, 2.24) is 0 Å². The minimum Gasteiger partial charge on any atom is -0.462 e. The molecule has 0 bridgehead atoms. The normalized spacial score (nSPS) is 12.0. The fourth-order valence-electron chi connectivity index (χ4n) is 10.4. The maximum absolute atomic E-state index is 12.9. The Kier molecular flexibility index (Phi) is 62.1. The van der Waals surface area contributed by atoms with Crippen LogP contribution in [-0.4, -0.2) is 37.2 Å². The summed E-state index contributed by atoms with van der Waals surface area (Å²) in [5, 5.41) is 0. The first-order valence-corrected chi connectivity index (χ1v) is 33.7. The summed E-state index contributed by atoms with van der Waals surface area (Å²) in [7, 11) is 0. The molecule has 0 fully saturated rings. The van der Waals surface area contributed by atoms with E-state index in [0.29, 0.717) is 19.3 Å². The molecule has 74 heavy (non-hydrogen) atoms. The van der Waals surface area contributed by atoms with Crippen molar-refractivity contribution in [2.45, 2.75) is 393 Å². The van der Waals surface area contributed by atoms with E-state index in [1.807, 2.05) is 0 Å². The SMILES string of the molecule is CCCCCCCC/C=C\CCCCCCCCCCCC(=O)OC(COC(=O)CCCCCCCCC)COC(=O)CCCCCCCCCCCCCCCCCCCCCCCCCCCCCCCC. The second kappa shape index (κ2) is 63.7. The first-order valence-electron chi connectivity index (χ1n) is 33.7. The van der Waals surface area contributed by atoms with Crippen molar-refractivity contribution in [2.75, 3.05) is 13.2 Å². The first-order chi connectivity index (χ1) is 36.5. The van der Waals surface area contributed by atoms with Gasteiger partial charge in [-0.25, -0.2) is 0 Å². The molecule has 0 aromatic rings. The van der Waals surface area contributed by atoms with Crippen molar-refractivity contribution >= 4 is 17.9 Å². The maximum atomic E-state index is 12.9. The summed E-state index contributed by atoms with van der Waals surface area (Å²) in [5.41, 5.74) is 0. The fraction of sp³-hybridized carbons (Fsp3) is 0.926. The van der Waals surface area contributed by atoms with E-state index in [1.54, 1.807) is 0 Å². The van der Waals surface area contributed by atoms with E-state index in [4.69, 9.17) is 14.2 Å². The van der Waals surface area contributed by atoms with Gasteiger partial charge in [0, 0.05) is 19.3 Å². The van der Waals surface area contributed by atoms with Crippen LogP contribution >= 0.6 is 0 Å². The summed E-state index contributed by atoms with van der Waals surface area (Å²) >= 11 is 0. The number of rotatable bonds is 63. The summed E-state index contributed by atoms with van der Waals surface area (Å²) in [6, 6.07) is 0. The zero-order valence-corrected chi connectivity index (χ0v) is 50.4. The van der Waals surface area contributed by atoms with Gasteiger partial charge in [-0.3, -0.25) is 14.4 Å².